The first kappa shape index (κ1) is 10.9. The largest absolute Gasteiger partial charge is 0.0952 e. The Bertz CT molecular complexity index is 666. The molecular weight excluding hydrogens is 216 g/mol. The van der Waals surface area contributed by atoms with Crippen LogP contribution in [0.1, 0.15) is 28.7 Å². The van der Waals surface area contributed by atoms with Crippen molar-refractivity contribution in [3.63, 3.8) is 0 Å². The van der Waals surface area contributed by atoms with Gasteiger partial charge < -0.3 is 0 Å². The van der Waals surface area contributed by atoms with Crippen molar-refractivity contribution in [1.29, 1.82) is 0 Å². The third kappa shape index (κ3) is 1.96. The first-order valence-corrected chi connectivity index (χ1v) is 6.22. The van der Waals surface area contributed by atoms with Gasteiger partial charge in [0.1, 0.15) is 0 Å². The number of allylic oxidation sites excluding steroid dienone is 1. The summed E-state index contributed by atoms with van der Waals surface area (Å²) in [5, 5.41) is 0. The van der Waals surface area contributed by atoms with Crippen LogP contribution in [0, 0.1) is 11.8 Å². The van der Waals surface area contributed by atoms with Crippen LogP contribution in [-0.4, -0.2) is 0 Å². The molecule has 0 saturated heterocycles. The molecule has 86 valence electrons. The van der Waals surface area contributed by atoms with Crippen molar-refractivity contribution in [1.82, 2.24) is 0 Å². The van der Waals surface area contributed by atoms with Crippen LogP contribution in [0.2, 0.25) is 0 Å². The van der Waals surface area contributed by atoms with Crippen LogP contribution < -0.4 is 0 Å². The zero-order valence-electron chi connectivity index (χ0n) is 10.2. The number of hydrogen-bond acceptors (Lipinski definition) is 0. The standard InChI is InChI=1S/C18H14/c1-14-10-11-15-6-2-3-7-16(15)12-13-17-8-4-5-9-18(14)17/h2-9H,1,10-11H2. The highest BCUT2D eigenvalue weighted by Gasteiger charge is 2.08. The molecule has 1 aliphatic rings. The second kappa shape index (κ2) is 4.55. The predicted octanol–water partition coefficient (Wildman–Crippen LogP) is 4.05. The lowest BCUT2D eigenvalue weighted by Gasteiger charge is -2.08. The normalized spacial score (nSPS) is 13.2. The van der Waals surface area contributed by atoms with Crippen molar-refractivity contribution in [2.24, 2.45) is 0 Å². The van der Waals surface area contributed by atoms with Crippen LogP contribution in [0.3, 0.4) is 0 Å². The summed E-state index contributed by atoms with van der Waals surface area (Å²) in [6.07, 6.45) is 2.00. The Morgan fingerprint density at radius 3 is 2.33 bits per heavy atom. The van der Waals surface area contributed by atoms with Gasteiger partial charge in [0.2, 0.25) is 0 Å². The molecular formula is C18H14. The summed E-state index contributed by atoms with van der Waals surface area (Å²) in [5.74, 6) is 6.57. The highest BCUT2D eigenvalue weighted by atomic mass is 14.1. The monoisotopic (exact) mass is 230 g/mol. The molecule has 0 spiro atoms. The summed E-state index contributed by atoms with van der Waals surface area (Å²) in [6, 6.07) is 16.7. The zero-order chi connectivity index (χ0) is 12.4. The fourth-order valence-electron chi connectivity index (χ4n) is 2.32. The summed E-state index contributed by atoms with van der Waals surface area (Å²) >= 11 is 0. The molecule has 0 N–H and O–H groups in total. The minimum absolute atomic E-state index is 0.984. The van der Waals surface area contributed by atoms with Gasteiger partial charge in [-0.15, -0.1) is 0 Å². The fraction of sp³-hybridized carbons (Fsp3) is 0.111. The van der Waals surface area contributed by atoms with Gasteiger partial charge >= 0.3 is 0 Å². The van der Waals surface area contributed by atoms with Crippen molar-refractivity contribution in [2.45, 2.75) is 12.8 Å². The van der Waals surface area contributed by atoms with Crippen LogP contribution in [0.4, 0.5) is 0 Å². The van der Waals surface area contributed by atoms with Gasteiger partial charge in [-0.3, -0.25) is 0 Å². The minimum Gasteiger partial charge on any atom is -0.0952 e. The van der Waals surface area contributed by atoms with Crippen LogP contribution in [0.15, 0.2) is 55.1 Å². The second-order valence-electron chi connectivity index (χ2n) is 4.56. The van der Waals surface area contributed by atoms with E-state index in [2.05, 4.69) is 54.8 Å². The van der Waals surface area contributed by atoms with Gasteiger partial charge in [0, 0.05) is 11.1 Å². The van der Waals surface area contributed by atoms with Gasteiger partial charge in [-0.1, -0.05) is 54.8 Å². The number of rotatable bonds is 0. The lowest BCUT2D eigenvalue weighted by Crippen LogP contribution is -1.91. The fourth-order valence-corrected chi connectivity index (χ4v) is 2.32. The summed E-state index contributed by atoms with van der Waals surface area (Å²) in [5.41, 5.74) is 5.91. The summed E-state index contributed by atoms with van der Waals surface area (Å²) in [4.78, 5) is 0. The molecule has 0 amide bonds. The molecule has 0 radical (unpaired) electrons. The number of benzene rings is 2. The minimum atomic E-state index is 0.984. The molecule has 0 aliphatic heterocycles. The molecule has 0 saturated carbocycles. The smallest absolute Gasteiger partial charge is 0.0324 e. The van der Waals surface area contributed by atoms with Gasteiger partial charge in [0.15, 0.2) is 0 Å². The third-order valence-corrected chi connectivity index (χ3v) is 3.35. The Hall–Kier alpha value is -2.26. The van der Waals surface area contributed by atoms with Gasteiger partial charge in [0.25, 0.3) is 0 Å². The van der Waals surface area contributed by atoms with Crippen LogP contribution in [0.5, 0.6) is 0 Å². The van der Waals surface area contributed by atoms with Crippen LogP contribution in [0.25, 0.3) is 5.57 Å². The molecule has 0 fully saturated rings. The molecule has 0 aromatic heterocycles. The quantitative estimate of drug-likeness (QED) is 0.599. The summed E-state index contributed by atoms with van der Waals surface area (Å²) in [6.45, 7) is 4.20. The van der Waals surface area contributed by atoms with Crippen molar-refractivity contribution in [3.05, 3.63) is 77.4 Å². The van der Waals surface area contributed by atoms with E-state index in [9.17, 15) is 0 Å². The van der Waals surface area contributed by atoms with Gasteiger partial charge in [0.05, 0.1) is 0 Å². The van der Waals surface area contributed by atoms with Gasteiger partial charge in [-0.25, -0.2) is 0 Å². The highest BCUT2D eigenvalue weighted by Crippen LogP contribution is 2.24. The SMILES string of the molecule is C=C1CCc2ccccc2C#Cc2ccccc21. The molecule has 2 aromatic carbocycles. The van der Waals surface area contributed by atoms with Gasteiger partial charge in [-0.2, -0.15) is 0 Å². The molecule has 0 bridgehead atoms. The van der Waals surface area contributed by atoms with Crippen molar-refractivity contribution in [3.8, 4) is 11.8 Å². The van der Waals surface area contributed by atoms with E-state index in [1.807, 2.05) is 12.1 Å². The topological polar surface area (TPSA) is 0 Å². The van der Waals surface area contributed by atoms with E-state index in [-0.39, 0.29) is 0 Å². The molecule has 0 unspecified atom stereocenters. The van der Waals surface area contributed by atoms with E-state index < -0.39 is 0 Å². The Kier molecular flexibility index (Phi) is 2.74. The average molecular weight is 230 g/mol. The highest BCUT2D eigenvalue weighted by molar-refractivity contribution is 5.70. The maximum atomic E-state index is 4.20. The lowest BCUT2D eigenvalue weighted by molar-refractivity contribution is 1.01. The summed E-state index contributed by atoms with van der Waals surface area (Å²) in [7, 11) is 0. The molecule has 0 atom stereocenters. The number of fused-ring (bicyclic) bond motifs is 2. The van der Waals surface area contributed by atoms with E-state index in [1.165, 1.54) is 16.7 Å². The maximum absolute atomic E-state index is 4.20. The Morgan fingerprint density at radius 2 is 1.44 bits per heavy atom. The third-order valence-electron chi connectivity index (χ3n) is 3.35. The molecule has 1 aliphatic carbocycles. The van der Waals surface area contributed by atoms with E-state index in [0.29, 0.717) is 0 Å². The lowest BCUT2D eigenvalue weighted by atomic mass is 9.96. The van der Waals surface area contributed by atoms with Crippen LogP contribution in [-0.2, 0) is 6.42 Å². The first-order chi connectivity index (χ1) is 8.84. The maximum Gasteiger partial charge on any atom is 0.0324 e. The Balaban J connectivity index is 2.18. The molecule has 3 rings (SSSR count). The van der Waals surface area contributed by atoms with Crippen LogP contribution >= 0.6 is 0 Å². The van der Waals surface area contributed by atoms with Gasteiger partial charge in [-0.05, 0) is 41.7 Å². The zero-order valence-corrected chi connectivity index (χ0v) is 10.2. The number of aryl methyl sites for hydroxylation is 1. The van der Waals surface area contributed by atoms with Crippen molar-refractivity contribution in [2.75, 3.05) is 0 Å². The van der Waals surface area contributed by atoms with E-state index >= 15 is 0 Å². The Labute approximate surface area is 108 Å². The molecule has 2 aromatic rings. The Morgan fingerprint density at radius 1 is 0.778 bits per heavy atom. The van der Waals surface area contributed by atoms with E-state index in [1.54, 1.807) is 0 Å². The van der Waals surface area contributed by atoms with E-state index in [0.717, 1.165) is 24.0 Å². The average Bonchev–Trinajstić information content (AvgIpc) is 2.49. The second-order valence-corrected chi connectivity index (χ2v) is 4.56. The summed E-state index contributed by atoms with van der Waals surface area (Å²) < 4.78 is 0. The van der Waals surface area contributed by atoms with Crippen molar-refractivity contribution >= 4 is 5.57 Å². The molecule has 0 heteroatoms. The molecule has 0 heterocycles. The first-order valence-electron chi connectivity index (χ1n) is 6.22. The van der Waals surface area contributed by atoms with E-state index in [4.69, 9.17) is 0 Å². The molecule has 0 nitrogen and oxygen atoms in total. The van der Waals surface area contributed by atoms with Crippen molar-refractivity contribution < 1.29 is 0 Å². The predicted molar refractivity (Wildman–Crippen MR) is 76.2 cm³/mol. The molecule has 18 heavy (non-hydrogen) atoms. The number of hydrogen-bond donors (Lipinski definition) is 0.